The third-order valence-corrected chi connectivity index (χ3v) is 3.03. The average Bonchev–Trinajstić information content (AvgIpc) is 2.13. The Hall–Kier alpha value is -0.220. The van der Waals surface area contributed by atoms with E-state index in [-0.39, 0.29) is 5.91 Å². The Morgan fingerprint density at radius 3 is 2.40 bits per heavy atom. The molecule has 4 heteroatoms. The predicted molar refractivity (Wildman–Crippen MR) is 66.2 cm³/mol. The van der Waals surface area contributed by atoms with E-state index in [1.165, 1.54) is 0 Å². The number of nitrogens with zero attached hydrogens (tertiary/aromatic N) is 1. The number of aliphatic hydroxyl groups is 1. The summed E-state index contributed by atoms with van der Waals surface area (Å²) in [5, 5.41) is 9.64. The highest BCUT2D eigenvalue weighted by atomic mass is 32.2. The topological polar surface area (TPSA) is 40.5 Å². The molecule has 0 radical (unpaired) electrons. The molecule has 0 aliphatic carbocycles. The highest BCUT2D eigenvalue weighted by molar-refractivity contribution is 7.99. The van der Waals surface area contributed by atoms with Crippen LogP contribution in [0.4, 0.5) is 0 Å². The zero-order chi connectivity index (χ0) is 11.9. The molecule has 0 aliphatic heterocycles. The molecule has 0 saturated heterocycles. The summed E-state index contributed by atoms with van der Waals surface area (Å²) < 4.78 is 0. The summed E-state index contributed by atoms with van der Waals surface area (Å²) in [5.41, 5.74) is -0.804. The molecule has 0 aromatic carbocycles. The van der Waals surface area contributed by atoms with Gasteiger partial charge in [0, 0.05) is 13.1 Å². The van der Waals surface area contributed by atoms with Gasteiger partial charge in [0.25, 0.3) is 0 Å². The average molecular weight is 233 g/mol. The van der Waals surface area contributed by atoms with Crippen molar-refractivity contribution in [2.24, 2.45) is 0 Å². The van der Waals surface area contributed by atoms with Crippen molar-refractivity contribution in [1.29, 1.82) is 0 Å². The first kappa shape index (κ1) is 14.8. The van der Waals surface area contributed by atoms with E-state index >= 15 is 0 Å². The molecule has 0 rings (SSSR count). The van der Waals surface area contributed by atoms with Gasteiger partial charge in [-0.1, -0.05) is 6.92 Å². The molecule has 0 aromatic rings. The fourth-order valence-corrected chi connectivity index (χ4v) is 2.03. The molecular formula is C11H23NO2S. The number of rotatable bonds is 7. The molecule has 90 valence electrons. The smallest absolute Gasteiger partial charge is 0.232 e. The van der Waals surface area contributed by atoms with E-state index < -0.39 is 5.60 Å². The van der Waals surface area contributed by atoms with Gasteiger partial charge in [0.1, 0.15) is 0 Å². The summed E-state index contributed by atoms with van der Waals surface area (Å²) in [5.74, 6) is 1.67. The van der Waals surface area contributed by atoms with Crippen molar-refractivity contribution >= 4 is 17.7 Å². The normalized spacial score (nSPS) is 11.5. The van der Waals surface area contributed by atoms with E-state index in [0.717, 1.165) is 12.2 Å². The third-order valence-electron chi connectivity index (χ3n) is 1.89. The molecular weight excluding hydrogens is 210 g/mol. The fraction of sp³-hybridized carbons (Fsp3) is 0.909. The maximum Gasteiger partial charge on any atom is 0.232 e. The van der Waals surface area contributed by atoms with Gasteiger partial charge in [0.2, 0.25) is 5.91 Å². The lowest BCUT2D eigenvalue weighted by atomic mass is 10.1. The fourth-order valence-electron chi connectivity index (χ4n) is 1.24. The number of likely N-dealkylation sites (N-methyl/N-ethyl adjacent to an activating group) is 1. The minimum atomic E-state index is -0.804. The van der Waals surface area contributed by atoms with Gasteiger partial charge in [-0.15, -0.1) is 0 Å². The second kappa shape index (κ2) is 7.12. The van der Waals surface area contributed by atoms with Crippen LogP contribution in [0.5, 0.6) is 0 Å². The quantitative estimate of drug-likeness (QED) is 0.681. The van der Waals surface area contributed by atoms with Crippen LogP contribution >= 0.6 is 11.8 Å². The highest BCUT2D eigenvalue weighted by Crippen LogP contribution is 2.08. The first-order valence-corrected chi connectivity index (χ1v) is 6.64. The van der Waals surface area contributed by atoms with Crippen LogP contribution in [0.3, 0.4) is 0 Å². The van der Waals surface area contributed by atoms with E-state index in [2.05, 4.69) is 6.92 Å². The second-order valence-electron chi connectivity index (χ2n) is 4.27. The summed E-state index contributed by atoms with van der Waals surface area (Å²) in [4.78, 5) is 13.4. The maximum atomic E-state index is 11.7. The van der Waals surface area contributed by atoms with Crippen molar-refractivity contribution in [3.63, 3.8) is 0 Å². The Morgan fingerprint density at radius 2 is 2.00 bits per heavy atom. The molecule has 0 heterocycles. The lowest BCUT2D eigenvalue weighted by molar-refractivity contribution is -0.131. The zero-order valence-electron chi connectivity index (χ0n) is 10.2. The molecule has 0 fully saturated rings. The zero-order valence-corrected chi connectivity index (χ0v) is 11.1. The van der Waals surface area contributed by atoms with Crippen LogP contribution in [-0.4, -0.2) is 46.1 Å². The molecule has 0 unspecified atom stereocenters. The lowest BCUT2D eigenvalue weighted by Gasteiger charge is -2.28. The first-order valence-electron chi connectivity index (χ1n) is 5.48. The number of hydrogen-bond acceptors (Lipinski definition) is 3. The summed E-state index contributed by atoms with van der Waals surface area (Å²) in [6, 6.07) is 0. The minimum absolute atomic E-state index is 0.123. The van der Waals surface area contributed by atoms with Gasteiger partial charge >= 0.3 is 0 Å². The molecule has 0 aromatic heterocycles. The van der Waals surface area contributed by atoms with Crippen LogP contribution in [0.25, 0.3) is 0 Å². The van der Waals surface area contributed by atoms with E-state index in [4.69, 9.17) is 0 Å². The van der Waals surface area contributed by atoms with Gasteiger partial charge in [-0.3, -0.25) is 4.79 Å². The Balaban J connectivity index is 4.00. The Bertz CT molecular complexity index is 190. The number of hydrogen-bond donors (Lipinski definition) is 1. The van der Waals surface area contributed by atoms with Crippen LogP contribution < -0.4 is 0 Å². The monoisotopic (exact) mass is 233 g/mol. The van der Waals surface area contributed by atoms with Gasteiger partial charge in [-0.05, 0) is 32.9 Å². The Labute approximate surface area is 97.2 Å². The van der Waals surface area contributed by atoms with Crippen molar-refractivity contribution < 1.29 is 9.90 Å². The lowest BCUT2D eigenvalue weighted by Crippen LogP contribution is -2.42. The SMILES string of the molecule is CCCSCC(=O)N(CC)CC(C)(C)O. The second-order valence-corrected chi connectivity index (χ2v) is 5.38. The van der Waals surface area contributed by atoms with Crippen LogP contribution in [0.15, 0.2) is 0 Å². The maximum absolute atomic E-state index is 11.7. The first-order chi connectivity index (χ1) is 6.90. The third kappa shape index (κ3) is 7.68. The molecule has 0 spiro atoms. The van der Waals surface area contributed by atoms with Gasteiger partial charge in [0.15, 0.2) is 0 Å². The Morgan fingerprint density at radius 1 is 1.40 bits per heavy atom. The van der Waals surface area contributed by atoms with Crippen molar-refractivity contribution in [2.75, 3.05) is 24.6 Å². The molecule has 0 atom stereocenters. The molecule has 0 saturated carbocycles. The summed E-state index contributed by atoms with van der Waals surface area (Å²) >= 11 is 1.66. The summed E-state index contributed by atoms with van der Waals surface area (Å²) in [7, 11) is 0. The molecule has 0 aliphatic rings. The van der Waals surface area contributed by atoms with Gasteiger partial charge in [-0.25, -0.2) is 0 Å². The predicted octanol–water partition coefficient (Wildman–Crippen LogP) is 1.75. The number of carbonyl (C=O) groups is 1. The standard InChI is InChI=1S/C11H23NO2S/c1-5-7-15-8-10(13)12(6-2)9-11(3,4)14/h14H,5-9H2,1-4H3. The van der Waals surface area contributed by atoms with Crippen molar-refractivity contribution in [2.45, 2.75) is 39.7 Å². The van der Waals surface area contributed by atoms with Crippen molar-refractivity contribution in [3.05, 3.63) is 0 Å². The largest absolute Gasteiger partial charge is 0.389 e. The molecule has 3 nitrogen and oxygen atoms in total. The summed E-state index contributed by atoms with van der Waals surface area (Å²) in [6.07, 6.45) is 1.09. The highest BCUT2D eigenvalue weighted by Gasteiger charge is 2.20. The van der Waals surface area contributed by atoms with E-state index in [1.54, 1.807) is 30.5 Å². The van der Waals surface area contributed by atoms with Crippen molar-refractivity contribution in [3.8, 4) is 0 Å². The van der Waals surface area contributed by atoms with Crippen LogP contribution in [0.2, 0.25) is 0 Å². The number of carbonyl (C=O) groups excluding carboxylic acids is 1. The molecule has 0 bridgehead atoms. The Kier molecular flexibility index (Phi) is 7.02. The molecule has 1 N–H and O–H groups in total. The van der Waals surface area contributed by atoms with Crippen LogP contribution in [0.1, 0.15) is 34.1 Å². The van der Waals surface area contributed by atoms with Gasteiger partial charge in [-0.2, -0.15) is 11.8 Å². The summed E-state index contributed by atoms with van der Waals surface area (Å²) in [6.45, 7) is 8.56. The number of amides is 1. The number of thioether (sulfide) groups is 1. The van der Waals surface area contributed by atoms with Gasteiger partial charge in [0.05, 0.1) is 11.4 Å². The van der Waals surface area contributed by atoms with Crippen LogP contribution in [-0.2, 0) is 4.79 Å². The van der Waals surface area contributed by atoms with Crippen molar-refractivity contribution in [1.82, 2.24) is 4.90 Å². The van der Waals surface area contributed by atoms with E-state index in [1.807, 2.05) is 6.92 Å². The minimum Gasteiger partial charge on any atom is -0.389 e. The van der Waals surface area contributed by atoms with Gasteiger partial charge < -0.3 is 10.0 Å². The van der Waals surface area contributed by atoms with E-state index in [9.17, 15) is 9.90 Å². The molecule has 1 amide bonds. The molecule has 15 heavy (non-hydrogen) atoms. The van der Waals surface area contributed by atoms with Crippen LogP contribution in [0, 0.1) is 0 Å². The van der Waals surface area contributed by atoms with E-state index in [0.29, 0.717) is 18.8 Å².